The highest BCUT2D eigenvalue weighted by molar-refractivity contribution is 7.92. The van der Waals surface area contributed by atoms with Crippen LogP contribution in [0.4, 0.5) is 5.69 Å². The zero-order chi connectivity index (χ0) is 22.6. The second-order valence-corrected chi connectivity index (χ2v) is 8.99. The van der Waals surface area contributed by atoms with E-state index in [0.717, 1.165) is 16.3 Å². The molecule has 4 aromatic carbocycles. The van der Waals surface area contributed by atoms with Crippen molar-refractivity contribution in [3.63, 3.8) is 0 Å². The maximum Gasteiger partial charge on any atom is 0.273 e. The number of hydrazone groups is 1. The van der Waals surface area contributed by atoms with Crippen molar-refractivity contribution in [1.82, 2.24) is 5.43 Å². The average Bonchev–Trinajstić information content (AvgIpc) is 2.79. The summed E-state index contributed by atoms with van der Waals surface area (Å²) in [5, 5.41) is 6.54. The number of amides is 1. The molecule has 8 heteroatoms. The number of sulfonamides is 1. The van der Waals surface area contributed by atoms with Crippen LogP contribution < -0.4 is 10.1 Å². The lowest BCUT2D eigenvalue weighted by molar-refractivity contribution is 0.0956. The molecule has 1 amide bonds. The second kappa shape index (κ2) is 9.21. The van der Waals surface area contributed by atoms with E-state index in [0.29, 0.717) is 5.02 Å². The van der Waals surface area contributed by atoms with Crippen molar-refractivity contribution in [2.45, 2.75) is 4.90 Å². The molecule has 0 spiro atoms. The van der Waals surface area contributed by atoms with Crippen LogP contribution in [0.3, 0.4) is 0 Å². The van der Waals surface area contributed by atoms with Gasteiger partial charge in [-0.1, -0.05) is 66.2 Å². The lowest BCUT2D eigenvalue weighted by atomic mass is 10.1. The Morgan fingerprint density at radius 1 is 0.844 bits per heavy atom. The first-order chi connectivity index (χ1) is 15.4. The molecule has 0 atom stereocenters. The summed E-state index contributed by atoms with van der Waals surface area (Å²) in [6.07, 6.45) is 1.56. The van der Waals surface area contributed by atoms with E-state index >= 15 is 0 Å². The highest BCUT2D eigenvalue weighted by Crippen LogP contribution is 2.21. The van der Waals surface area contributed by atoms with E-state index in [1.807, 2.05) is 42.5 Å². The van der Waals surface area contributed by atoms with Gasteiger partial charge in [0.25, 0.3) is 15.9 Å². The summed E-state index contributed by atoms with van der Waals surface area (Å²) < 4.78 is 27.8. The first-order valence-electron chi connectivity index (χ1n) is 9.63. The second-order valence-electron chi connectivity index (χ2n) is 6.87. The van der Waals surface area contributed by atoms with Crippen molar-refractivity contribution in [2.75, 3.05) is 4.72 Å². The first-order valence-corrected chi connectivity index (χ1v) is 11.5. The van der Waals surface area contributed by atoms with Gasteiger partial charge in [-0.05, 0) is 47.2 Å². The third kappa shape index (κ3) is 4.80. The number of hydrogen-bond donors (Lipinski definition) is 2. The summed E-state index contributed by atoms with van der Waals surface area (Å²) >= 11 is 5.83. The number of fused-ring (bicyclic) bond motifs is 1. The number of anilines is 1. The average molecular weight is 464 g/mol. The number of benzene rings is 4. The molecular weight excluding hydrogens is 446 g/mol. The summed E-state index contributed by atoms with van der Waals surface area (Å²) in [5.74, 6) is -0.545. The van der Waals surface area contributed by atoms with Crippen molar-refractivity contribution in [1.29, 1.82) is 0 Å². The normalized spacial score (nSPS) is 11.5. The summed E-state index contributed by atoms with van der Waals surface area (Å²) in [4.78, 5) is 12.7. The van der Waals surface area contributed by atoms with E-state index in [1.54, 1.807) is 18.3 Å². The Morgan fingerprint density at radius 2 is 1.53 bits per heavy atom. The van der Waals surface area contributed by atoms with E-state index in [1.165, 1.54) is 36.4 Å². The Balaban J connectivity index is 1.54. The molecule has 160 valence electrons. The zero-order valence-electron chi connectivity index (χ0n) is 16.7. The van der Waals surface area contributed by atoms with Gasteiger partial charge in [0.15, 0.2) is 0 Å². The SMILES string of the molecule is O=C(N/N=C\c1cccc2ccccc12)c1ccccc1NS(=O)(=O)c1ccc(Cl)cc1. The standard InChI is InChI=1S/C24H18ClN3O3S/c25-19-12-14-20(15-13-19)32(30,31)28-23-11-4-3-10-22(23)24(29)27-26-16-18-8-5-7-17-6-1-2-9-21(17)18/h1-16,28H,(H,27,29)/b26-16-. The van der Waals surface area contributed by atoms with Gasteiger partial charge in [-0.2, -0.15) is 5.10 Å². The van der Waals surface area contributed by atoms with Gasteiger partial charge in [-0.25, -0.2) is 13.8 Å². The number of halogens is 1. The molecule has 0 aliphatic heterocycles. The van der Waals surface area contributed by atoms with Crippen molar-refractivity contribution in [3.8, 4) is 0 Å². The summed E-state index contributed by atoms with van der Waals surface area (Å²) in [6.45, 7) is 0. The minimum absolute atomic E-state index is 0.0334. The molecule has 0 heterocycles. The van der Waals surface area contributed by atoms with Gasteiger partial charge >= 0.3 is 0 Å². The third-order valence-electron chi connectivity index (χ3n) is 4.73. The number of para-hydroxylation sites is 1. The molecule has 32 heavy (non-hydrogen) atoms. The number of carbonyl (C=O) groups excluding carboxylic acids is 1. The van der Waals surface area contributed by atoms with Crippen molar-refractivity contribution < 1.29 is 13.2 Å². The lowest BCUT2D eigenvalue weighted by Crippen LogP contribution is -2.21. The summed E-state index contributed by atoms with van der Waals surface area (Å²) in [7, 11) is -3.90. The molecule has 0 aliphatic carbocycles. The first kappa shape index (κ1) is 21.5. The van der Waals surface area contributed by atoms with E-state index in [2.05, 4.69) is 15.2 Å². The van der Waals surface area contributed by atoms with Gasteiger partial charge in [-0.3, -0.25) is 9.52 Å². The highest BCUT2D eigenvalue weighted by atomic mass is 35.5. The molecule has 0 aromatic heterocycles. The number of hydrogen-bond acceptors (Lipinski definition) is 4. The molecular formula is C24H18ClN3O3S. The van der Waals surface area contributed by atoms with E-state index in [-0.39, 0.29) is 16.1 Å². The van der Waals surface area contributed by atoms with Crippen LogP contribution in [0.2, 0.25) is 5.02 Å². The van der Waals surface area contributed by atoms with Gasteiger partial charge in [0.2, 0.25) is 0 Å². The molecule has 0 unspecified atom stereocenters. The Kier molecular flexibility index (Phi) is 6.20. The van der Waals surface area contributed by atoms with Crippen LogP contribution in [0.25, 0.3) is 10.8 Å². The van der Waals surface area contributed by atoms with Crippen LogP contribution in [0.15, 0.2) is 101 Å². The predicted octanol–water partition coefficient (Wildman–Crippen LogP) is 5.06. The predicted molar refractivity (Wildman–Crippen MR) is 128 cm³/mol. The zero-order valence-corrected chi connectivity index (χ0v) is 18.3. The number of nitrogens with zero attached hydrogens (tertiary/aromatic N) is 1. The van der Waals surface area contributed by atoms with Crippen LogP contribution in [0.1, 0.15) is 15.9 Å². The van der Waals surface area contributed by atoms with Crippen molar-refractivity contribution in [3.05, 3.63) is 107 Å². The Morgan fingerprint density at radius 3 is 2.34 bits per heavy atom. The smallest absolute Gasteiger partial charge is 0.273 e. The molecule has 4 rings (SSSR count). The number of nitrogens with one attached hydrogen (secondary N) is 2. The molecule has 0 aliphatic rings. The fraction of sp³-hybridized carbons (Fsp3) is 0. The highest BCUT2D eigenvalue weighted by Gasteiger charge is 2.18. The molecule has 0 bridgehead atoms. The van der Waals surface area contributed by atoms with Crippen LogP contribution >= 0.6 is 11.6 Å². The summed E-state index contributed by atoms with van der Waals surface area (Å²) in [5.41, 5.74) is 3.59. The molecule has 0 radical (unpaired) electrons. The minimum Gasteiger partial charge on any atom is -0.279 e. The van der Waals surface area contributed by atoms with E-state index in [4.69, 9.17) is 11.6 Å². The van der Waals surface area contributed by atoms with Crippen LogP contribution in [0, 0.1) is 0 Å². The monoisotopic (exact) mass is 463 g/mol. The number of rotatable bonds is 6. The maximum absolute atomic E-state index is 12.7. The van der Waals surface area contributed by atoms with Gasteiger partial charge in [0.05, 0.1) is 22.4 Å². The Hall–Kier alpha value is -3.68. The van der Waals surface area contributed by atoms with Crippen molar-refractivity contribution >= 4 is 50.2 Å². The molecule has 0 saturated heterocycles. The van der Waals surface area contributed by atoms with Gasteiger partial charge in [0, 0.05) is 10.6 Å². The molecule has 4 aromatic rings. The maximum atomic E-state index is 12.7. The topological polar surface area (TPSA) is 87.6 Å². The van der Waals surface area contributed by atoms with Gasteiger partial charge < -0.3 is 0 Å². The fourth-order valence-corrected chi connectivity index (χ4v) is 4.38. The Labute approximate surface area is 190 Å². The largest absolute Gasteiger partial charge is 0.279 e. The third-order valence-corrected chi connectivity index (χ3v) is 6.37. The Bertz CT molecular complexity index is 1410. The number of carbonyl (C=O) groups is 1. The molecule has 0 saturated carbocycles. The molecule has 6 nitrogen and oxygen atoms in total. The van der Waals surface area contributed by atoms with E-state index in [9.17, 15) is 13.2 Å². The quantitative estimate of drug-likeness (QED) is 0.309. The summed E-state index contributed by atoms with van der Waals surface area (Å²) in [6, 6.07) is 25.7. The van der Waals surface area contributed by atoms with Gasteiger partial charge in [0.1, 0.15) is 0 Å². The fourth-order valence-electron chi connectivity index (χ4n) is 3.17. The van der Waals surface area contributed by atoms with Crippen LogP contribution in [-0.2, 0) is 10.0 Å². The van der Waals surface area contributed by atoms with Gasteiger partial charge in [-0.15, -0.1) is 0 Å². The van der Waals surface area contributed by atoms with Crippen LogP contribution in [-0.4, -0.2) is 20.5 Å². The lowest BCUT2D eigenvalue weighted by Gasteiger charge is -2.12. The van der Waals surface area contributed by atoms with Crippen molar-refractivity contribution in [2.24, 2.45) is 5.10 Å². The molecule has 2 N–H and O–H groups in total. The van der Waals surface area contributed by atoms with Crippen LogP contribution in [0.5, 0.6) is 0 Å². The minimum atomic E-state index is -3.90. The van der Waals surface area contributed by atoms with E-state index < -0.39 is 15.9 Å². The molecule has 0 fully saturated rings.